The van der Waals surface area contributed by atoms with E-state index in [0.29, 0.717) is 0 Å². The molecule has 60 valence electrons. The molecule has 0 spiro atoms. The molecular formula is C4H5Cl3O3. The molecule has 0 aliphatic carbocycles. The third-order valence-electron chi connectivity index (χ3n) is 0.461. The van der Waals surface area contributed by atoms with Gasteiger partial charge >= 0.3 is 10.1 Å². The molecule has 0 saturated carbocycles. The lowest BCUT2D eigenvalue weighted by molar-refractivity contribution is 0.0568. The second-order valence-electron chi connectivity index (χ2n) is 1.23. The van der Waals surface area contributed by atoms with Crippen LogP contribution in [0.4, 0.5) is 4.79 Å². The number of hydrogen-bond acceptors (Lipinski definition) is 3. The summed E-state index contributed by atoms with van der Waals surface area (Å²) in [6, 6.07) is 0. The lowest BCUT2D eigenvalue weighted by Crippen LogP contribution is -2.16. The fraction of sp³-hybridized carbons (Fsp3) is 0.750. The van der Waals surface area contributed by atoms with Gasteiger partial charge in [0.1, 0.15) is 0 Å². The number of carbonyl (C=O) groups is 1. The molecule has 0 heterocycles. The van der Waals surface area contributed by atoms with Crippen molar-refractivity contribution < 1.29 is 14.3 Å². The Kier molecular flexibility index (Phi) is 4.17. The maximum absolute atomic E-state index is 10.4. The van der Waals surface area contributed by atoms with E-state index in [0.717, 1.165) is 0 Å². The van der Waals surface area contributed by atoms with Gasteiger partial charge in [-0.25, -0.2) is 4.79 Å². The Morgan fingerprint density at radius 1 is 1.50 bits per heavy atom. The first-order valence-electron chi connectivity index (χ1n) is 2.38. The first-order valence-corrected chi connectivity index (χ1v) is 3.51. The zero-order chi connectivity index (χ0) is 8.20. The van der Waals surface area contributed by atoms with Gasteiger partial charge in [-0.15, -0.1) is 0 Å². The molecular weight excluding hydrogens is 202 g/mol. The van der Waals surface area contributed by atoms with Gasteiger partial charge in [-0.2, -0.15) is 0 Å². The molecule has 0 N–H and O–H groups in total. The zero-order valence-electron chi connectivity index (χ0n) is 5.07. The molecule has 0 amide bonds. The van der Waals surface area contributed by atoms with Crippen molar-refractivity contribution in [3.05, 3.63) is 0 Å². The molecule has 0 aliphatic heterocycles. The van der Waals surface area contributed by atoms with E-state index in [9.17, 15) is 4.79 Å². The monoisotopic (exact) mass is 206 g/mol. The third-order valence-corrected chi connectivity index (χ3v) is 0.693. The topological polar surface area (TPSA) is 35.5 Å². The van der Waals surface area contributed by atoms with Gasteiger partial charge in [0.2, 0.25) is 0 Å². The van der Waals surface area contributed by atoms with E-state index in [4.69, 9.17) is 34.8 Å². The fourth-order valence-corrected chi connectivity index (χ4v) is 0.431. The van der Waals surface area contributed by atoms with Crippen LogP contribution in [0.25, 0.3) is 0 Å². The summed E-state index contributed by atoms with van der Waals surface area (Å²) < 4.78 is 6.38. The molecule has 3 nitrogen and oxygen atoms in total. The number of hydrogen-bond donors (Lipinski definition) is 0. The summed E-state index contributed by atoms with van der Waals surface area (Å²) >= 11 is 15.2. The smallest absolute Gasteiger partial charge is 0.434 e. The van der Waals surface area contributed by atoms with Gasteiger partial charge in [0.15, 0.2) is 0 Å². The first kappa shape index (κ1) is 10.1. The standard InChI is InChI=1S/C4H5Cl3O3/c1-2-9-3(8)10-4(5,6)7/h2H2,1H3. The highest BCUT2D eigenvalue weighted by Crippen LogP contribution is 2.27. The summed E-state index contributed by atoms with van der Waals surface area (Å²) in [5.41, 5.74) is 0. The molecule has 0 aromatic heterocycles. The fourth-order valence-electron chi connectivity index (χ4n) is 0.242. The molecule has 0 aromatic carbocycles. The minimum absolute atomic E-state index is 0.180. The Bertz CT molecular complexity index is 119. The van der Waals surface area contributed by atoms with Crippen LogP contribution in [0.5, 0.6) is 0 Å². The van der Waals surface area contributed by atoms with Crippen LogP contribution < -0.4 is 0 Å². The van der Waals surface area contributed by atoms with E-state index in [1.54, 1.807) is 6.92 Å². The molecule has 0 fully saturated rings. The van der Waals surface area contributed by atoms with Gasteiger partial charge in [0.05, 0.1) is 6.61 Å². The lowest BCUT2D eigenvalue weighted by Gasteiger charge is -2.10. The SMILES string of the molecule is CCOC(=O)OC(Cl)(Cl)Cl. The molecule has 0 saturated heterocycles. The van der Waals surface area contributed by atoms with Crippen molar-refractivity contribution in [2.45, 2.75) is 10.9 Å². The Morgan fingerprint density at radius 2 is 2.00 bits per heavy atom. The van der Waals surface area contributed by atoms with E-state index in [1.807, 2.05) is 0 Å². The highest BCUT2D eigenvalue weighted by molar-refractivity contribution is 6.66. The van der Waals surface area contributed by atoms with Crippen LogP contribution in [0.1, 0.15) is 6.92 Å². The van der Waals surface area contributed by atoms with Gasteiger partial charge in [0.25, 0.3) is 0 Å². The zero-order valence-corrected chi connectivity index (χ0v) is 7.33. The average molecular weight is 207 g/mol. The van der Waals surface area contributed by atoms with Gasteiger partial charge < -0.3 is 9.47 Å². The lowest BCUT2D eigenvalue weighted by atomic mass is 10.9. The molecule has 6 heteroatoms. The molecule has 0 radical (unpaired) electrons. The van der Waals surface area contributed by atoms with Crippen molar-refractivity contribution in [2.75, 3.05) is 6.61 Å². The summed E-state index contributed by atoms with van der Waals surface area (Å²) in [5, 5.41) is 0. The number of alkyl halides is 3. The number of rotatable bonds is 1. The largest absolute Gasteiger partial charge is 0.511 e. The van der Waals surface area contributed by atoms with E-state index in [2.05, 4.69) is 9.47 Å². The summed E-state index contributed by atoms with van der Waals surface area (Å²) in [5.74, 6) is 0. The molecule has 0 aromatic rings. The van der Waals surface area contributed by atoms with Crippen molar-refractivity contribution in [1.82, 2.24) is 0 Å². The van der Waals surface area contributed by atoms with Crippen molar-refractivity contribution in [2.24, 2.45) is 0 Å². The van der Waals surface area contributed by atoms with Crippen molar-refractivity contribution in [3.63, 3.8) is 0 Å². The third kappa shape index (κ3) is 6.26. The molecule has 0 aliphatic rings. The van der Waals surface area contributed by atoms with Crippen LogP contribution in [0.2, 0.25) is 0 Å². The Balaban J connectivity index is 3.58. The Hall–Kier alpha value is 0.140. The van der Waals surface area contributed by atoms with E-state index in [-0.39, 0.29) is 6.61 Å². The van der Waals surface area contributed by atoms with E-state index in [1.165, 1.54) is 0 Å². The molecule has 10 heavy (non-hydrogen) atoms. The van der Waals surface area contributed by atoms with Crippen LogP contribution in [-0.4, -0.2) is 16.7 Å². The van der Waals surface area contributed by atoms with Gasteiger partial charge in [-0.1, -0.05) is 0 Å². The maximum Gasteiger partial charge on any atom is 0.511 e. The van der Waals surface area contributed by atoms with Crippen molar-refractivity contribution >= 4 is 41.0 Å². The normalized spacial score (nSPS) is 10.8. The highest BCUT2D eigenvalue weighted by atomic mass is 35.6. The van der Waals surface area contributed by atoms with Crippen molar-refractivity contribution in [1.29, 1.82) is 0 Å². The average Bonchev–Trinajstić information content (AvgIpc) is 1.59. The summed E-state index contributed by atoms with van der Waals surface area (Å²) in [6.07, 6.45) is -0.998. The Labute approximate surface area is 73.1 Å². The predicted octanol–water partition coefficient (Wildman–Crippen LogP) is 2.49. The molecule has 0 atom stereocenters. The summed E-state index contributed by atoms with van der Waals surface area (Å²) in [4.78, 5) is 10.4. The molecule has 0 unspecified atom stereocenters. The van der Waals surface area contributed by atoms with Gasteiger partial charge in [0, 0.05) is 0 Å². The second-order valence-corrected chi connectivity index (χ2v) is 3.41. The summed E-state index contributed by atoms with van der Waals surface area (Å²) in [6.45, 7) is 1.79. The van der Waals surface area contributed by atoms with Crippen LogP contribution in [-0.2, 0) is 9.47 Å². The number of ether oxygens (including phenoxy) is 2. The second kappa shape index (κ2) is 4.11. The van der Waals surface area contributed by atoms with Crippen LogP contribution >= 0.6 is 34.8 Å². The van der Waals surface area contributed by atoms with E-state index >= 15 is 0 Å². The number of halogens is 3. The summed E-state index contributed by atoms with van der Waals surface area (Å²) in [7, 11) is 0. The van der Waals surface area contributed by atoms with Gasteiger partial charge in [-0.3, -0.25) is 0 Å². The van der Waals surface area contributed by atoms with Crippen LogP contribution in [0, 0.1) is 0 Å². The highest BCUT2D eigenvalue weighted by Gasteiger charge is 2.25. The number of carbonyl (C=O) groups excluding carboxylic acids is 1. The minimum atomic E-state index is -2.04. The van der Waals surface area contributed by atoms with Crippen LogP contribution in [0.3, 0.4) is 0 Å². The predicted molar refractivity (Wildman–Crippen MR) is 38.4 cm³/mol. The van der Waals surface area contributed by atoms with Crippen LogP contribution in [0.15, 0.2) is 0 Å². The molecule has 0 bridgehead atoms. The molecule has 0 rings (SSSR count). The van der Waals surface area contributed by atoms with Gasteiger partial charge in [-0.05, 0) is 41.7 Å². The minimum Gasteiger partial charge on any atom is -0.434 e. The Morgan fingerprint density at radius 3 is 2.30 bits per heavy atom. The quantitative estimate of drug-likeness (QED) is 0.489. The van der Waals surface area contributed by atoms with E-state index < -0.39 is 10.1 Å². The maximum atomic E-state index is 10.4. The van der Waals surface area contributed by atoms with Crippen molar-refractivity contribution in [3.8, 4) is 0 Å². The first-order chi connectivity index (χ1) is 4.45.